The Morgan fingerprint density at radius 3 is 3.00 bits per heavy atom. The molecule has 7 heteroatoms. The average Bonchev–Trinajstić information content (AvgIpc) is 2.88. The number of carbonyl (C=O) groups is 1. The quantitative estimate of drug-likeness (QED) is 0.746. The van der Waals surface area contributed by atoms with Gasteiger partial charge in [0.2, 0.25) is 0 Å². The summed E-state index contributed by atoms with van der Waals surface area (Å²) in [5, 5.41) is 3.25. The molecule has 1 amide bonds. The predicted molar refractivity (Wildman–Crippen MR) is 78.6 cm³/mol. The molecule has 0 aromatic carbocycles. The molecule has 3 N–H and O–H groups in total. The standard InChI is InChI=1S/C14H14N6O/c1-20-5-3-10-12(20)14(19-8-18-10)17-7-9-2-4-16-11(6-9)13(15)21/h2-6,8H,7H2,1H3,(H2,15,21)(H,17,18,19). The summed E-state index contributed by atoms with van der Waals surface area (Å²) in [6.07, 6.45) is 5.02. The Balaban J connectivity index is 1.85. The van der Waals surface area contributed by atoms with Gasteiger partial charge in [-0.1, -0.05) is 0 Å². The van der Waals surface area contributed by atoms with Gasteiger partial charge < -0.3 is 15.6 Å². The van der Waals surface area contributed by atoms with Crippen LogP contribution >= 0.6 is 0 Å². The highest BCUT2D eigenvalue weighted by molar-refractivity contribution is 5.90. The Morgan fingerprint density at radius 2 is 2.19 bits per heavy atom. The minimum Gasteiger partial charge on any atom is -0.364 e. The van der Waals surface area contributed by atoms with Crippen molar-refractivity contribution >= 4 is 22.8 Å². The Hall–Kier alpha value is -2.96. The number of carbonyl (C=O) groups excluding carboxylic acids is 1. The molecular formula is C14H14N6O. The second kappa shape index (κ2) is 5.20. The van der Waals surface area contributed by atoms with Crippen LogP contribution in [0.3, 0.4) is 0 Å². The zero-order chi connectivity index (χ0) is 14.8. The summed E-state index contributed by atoms with van der Waals surface area (Å²) in [4.78, 5) is 23.5. The Bertz CT molecular complexity index is 810. The first-order valence-electron chi connectivity index (χ1n) is 6.40. The maximum absolute atomic E-state index is 11.1. The van der Waals surface area contributed by atoms with Crippen molar-refractivity contribution in [1.82, 2.24) is 19.5 Å². The molecule has 3 aromatic heterocycles. The first-order chi connectivity index (χ1) is 10.1. The third kappa shape index (κ3) is 2.53. The van der Waals surface area contributed by atoms with E-state index in [2.05, 4.69) is 20.3 Å². The lowest BCUT2D eigenvalue weighted by Crippen LogP contribution is -2.13. The molecule has 106 valence electrons. The Kier molecular flexibility index (Phi) is 3.23. The van der Waals surface area contributed by atoms with Crippen molar-refractivity contribution in [2.75, 3.05) is 5.32 Å². The molecule has 3 aromatic rings. The van der Waals surface area contributed by atoms with Crippen LogP contribution in [0, 0.1) is 0 Å². The minimum absolute atomic E-state index is 0.251. The van der Waals surface area contributed by atoms with Crippen molar-refractivity contribution in [1.29, 1.82) is 0 Å². The zero-order valence-corrected chi connectivity index (χ0v) is 11.4. The molecule has 0 radical (unpaired) electrons. The highest BCUT2D eigenvalue weighted by Crippen LogP contribution is 2.19. The third-order valence-electron chi connectivity index (χ3n) is 3.20. The largest absolute Gasteiger partial charge is 0.364 e. The van der Waals surface area contributed by atoms with Crippen LogP contribution in [0.5, 0.6) is 0 Å². The van der Waals surface area contributed by atoms with Crippen molar-refractivity contribution in [3.8, 4) is 0 Å². The zero-order valence-electron chi connectivity index (χ0n) is 11.4. The lowest BCUT2D eigenvalue weighted by Gasteiger charge is -2.08. The highest BCUT2D eigenvalue weighted by atomic mass is 16.1. The number of nitrogens with one attached hydrogen (secondary N) is 1. The molecule has 0 unspecified atom stereocenters. The van der Waals surface area contributed by atoms with Crippen molar-refractivity contribution in [2.45, 2.75) is 6.54 Å². The third-order valence-corrected chi connectivity index (χ3v) is 3.20. The van der Waals surface area contributed by atoms with Crippen molar-refractivity contribution in [3.05, 3.63) is 48.2 Å². The van der Waals surface area contributed by atoms with Gasteiger partial charge in [0.05, 0.1) is 5.52 Å². The van der Waals surface area contributed by atoms with Crippen molar-refractivity contribution in [3.63, 3.8) is 0 Å². The van der Waals surface area contributed by atoms with E-state index in [4.69, 9.17) is 5.73 Å². The number of anilines is 1. The number of hydrogen-bond acceptors (Lipinski definition) is 5. The summed E-state index contributed by atoms with van der Waals surface area (Å²) in [5.74, 6) is 0.202. The maximum Gasteiger partial charge on any atom is 0.267 e. The van der Waals surface area contributed by atoms with Gasteiger partial charge in [0.1, 0.15) is 17.5 Å². The second-order valence-corrected chi connectivity index (χ2v) is 4.65. The number of primary amides is 1. The average molecular weight is 282 g/mol. The molecule has 0 fully saturated rings. The summed E-state index contributed by atoms with van der Waals surface area (Å²) in [6.45, 7) is 0.514. The minimum atomic E-state index is -0.538. The van der Waals surface area contributed by atoms with Gasteiger partial charge >= 0.3 is 0 Å². The van der Waals surface area contributed by atoms with Crippen LogP contribution in [0.25, 0.3) is 11.0 Å². The van der Waals surface area contributed by atoms with Crippen LogP contribution in [0.15, 0.2) is 36.9 Å². The van der Waals surface area contributed by atoms with Gasteiger partial charge in [-0.15, -0.1) is 0 Å². The van der Waals surface area contributed by atoms with Crippen LogP contribution < -0.4 is 11.1 Å². The van der Waals surface area contributed by atoms with Gasteiger partial charge in [-0.05, 0) is 23.8 Å². The molecule has 0 aliphatic heterocycles. The molecule has 0 aliphatic rings. The van der Waals surface area contributed by atoms with Crippen molar-refractivity contribution < 1.29 is 4.79 Å². The number of hydrogen-bond donors (Lipinski definition) is 2. The fourth-order valence-electron chi connectivity index (χ4n) is 2.15. The van der Waals surface area contributed by atoms with E-state index < -0.39 is 5.91 Å². The fourth-order valence-corrected chi connectivity index (χ4v) is 2.15. The summed E-state index contributed by atoms with van der Waals surface area (Å²) >= 11 is 0. The molecule has 0 bridgehead atoms. The van der Waals surface area contributed by atoms with Crippen molar-refractivity contribution in [2.24, 2.45) is 12.8 Å². The number of nitrogens with zero attached hydrogens (tertiary/aromatic N) is 4. The first kappa shape index (κ1) is 13.0. The molecule has 0 spiro atoms. The van der Waals surface area contributed by atoms with Crippen LogP contribution in [-0.4, -0.2) is 25.4 Å². The molecule has 0 atom stereocenters. The van der Waals surface area contributed by atoms with E-state index in [0.29, 0.717) is 6.54 Å². The number of rotatable bonds is 4. The predicted octanol–water partition coefficient (Wildman–Crippen LogP) is 1.07. The number of nitrogens with two attached hydrogens (primary N) is 1. The summed E-state index contributed by atoms with van der Waals surface area (Å²) in [7, 11) is 1.94. The first-order valence-corrected chi connectivity index (χ1v) is 6.40. The lowest BCUT2D eigenvalue weighted by molar-refractivity contribution is 0.0995. The van der Waals surface area contributed by atoms with Gasteiger partial charge in [0, 0.05) is 26.0 Å². The van der Waals surface area contributed by atoms with E-state index in [1.807, 2.05) is 29.9 Å². The molecule has 0 saturated carbocycles. The smallest absolute Gasteiger partial charge is 0.267 e. The van der Waals surface area contributed by atoms with Crippen LogP contribution in [0.4, 0.5) is 5.82 Å². The van der Waals surface area contributed by atoms with Gasteiger partial charge in [0.25, 0.3) is 5.91 Å². The molecule has 0 aliphatic carbocycles. The number of amides is 1. The molecule has 7 nitrogen and oxygen atoms in total. The van der Waals surface area contributed by atoms with Crippen LogP contribution in [0.1, 0.15) is 16.1 Å². The topological polar surface area (TPSA) is 98.7 Å². The van der Waals surface area contributed by atoms with Gasteiger partial charge in [-0.3, -0.25) is 9.78 Å². The fraction of sp³-hybridized carbons (Fsp3) is 0.143. The summed E-state index contributed by atoms with van der Waals surface area (Å²) < 4.78 is 1.96. The molecular weight excluding hydrogens is 268 g/mol. The van der Waals surface area contributed by atoms with Gasteiger partial charge in [0.15, 0.2) is 5.82 Å². The maximum atomic E-state index is 11.1. The number of pyridine rings is 1. The molecule has 3 heterocycles. The summed E-state index contributed by atoms with van der Waals surface area (Å²) in [5.41, 5.74) is 8.19. The monoisotopic (exact) mass is 282 g/mol. The highest BCUT2D eigenvalue weighted by Gasteiger charge is 2.08. The molecule has 0 saturated heterocycles. The lowest BCUT2D eigenvalue weighted by atomic mass is 10.2. The van der Waals surface area contributed by atoms with Gasteiger partial charge in [-0.25, -0.2) is 9.97 Å². The van der Waals surface area contributed by atoms with E-state index in [0.717, 1.165) is 22.4 Å². The van der Waals surface area contributed by atoms with E-state index in [1.54, 1.807) is 12.3 Å². The van der Waals surface area contributed by atoms with E-state index >= 15 is 0 Å². The Morgan fingerprint density at radius 1 is 1.33 bits per heavy atom. The number of fused-ring (bicyclic) bond motifs is 1. The van der Waals surface area contributed by atoms with E-state index in [1.165, 1.54) is 6.33 Å². The SMILES string of the molecule is Cn1ccc2ncnc(NCc3ccnc(C(N)=O)c3)c21. The van der Waals surface area contributed by atoms with E-state index in [9.17, 15) is 4.79 Å². The number of aromatic nitrogens is 4. The molecule has 3 rings (SSSR count). The summed E-state index contributed by atoms with van der Waals surface area (Å²) in [6, 6.07) is 5.42. The Labute approximate surface area is 120 Å². The van der Waals surface area contributed by atoms with E-state index in [-0.39, 0.29) is 5.69 Å². The molecule has 21 heavy (non-hydrogen) atoms. The second-order valence-electron chi connectivity index (χ2n) is 4.65. The van der Waals surface area contributed by atoms with Crippen LogP contribution in [-0.2, 0) is 13.6 Å². The normalized spacial score (nSPS) is 10.7. The number of aryl methyl sites for hydroxylation is 1. The van der Waals surface area contributed by atoms with Crippen LogP contribution in [0.2, 0.25) is 0 Å². The van der Waals surface area contributed by atoms with Gasteiger partial charge in [-0.2, -0.15) is 0 Å².